The molecule has 0 bridgehead atoms. The first-order valence-corrected chi connectivity index (χ1v) is 5.02. The summed E-state index contributed by atoms with van der Waals surface area (Å²) in [6.45, 7) is 0. The number of hydrogen-bond acceptors (Lipinski definition) is 2. The molecule has 0 fully saturated rings. The normalized spacial score (nSPS) is 25.3. The minimum Gasteiger partial charge on any atom is -0.350 e. The number of rotatable bonds is 2. The van der Waals surface area contributed by atoms with Crippen LogP contribution in [0.25, 0.3) is 0 Å². The van der Waals surface area contributed by atoms with Gasteiger partial charge in [0.2, 0.25) is 0 Å². The lowest BCUT2D eigenvalue weighted by Crippen LogP contribution is -2.25. The molecule has 0 aromatic carbocycles. The van der Waals surface area contributed by atoms with Crippen molar-refractivity contribution < 1.29 is 4.79 Å². The van der Waals surface area contributed by atoms with E-state index in [-0.39, 0.29) is 0 Å². The molecule has 2 amide bonds. The van der Waals surface area contributed by atoms with Gasteiger partial charge in [-0.15, -0.1) is 0 Å². The molecule has 1 aliphatic rings. The Bertz CT molecular complexity index is 236. The van der Waals surface area contributed by atoms with Crippen LogP contribution in [0.1, 0.15) is 32.1 Å². The van der Waals surface area contributed by atoms with Crippen molar-refractivity contribution in [3.8, 4) is 0 Å². The van der Waals surface area contributed by atoms with Crippen LogP contribution in [-0.2, 0) is 0 Å². The Morgan fingerprint density at radius 1 is 1.43 bits per heavy atom. The minimum atomic E-state index is -0.605. The largest absolute Gasteiger partial charge is 0.350 e. The Hall–Kier alpha value is -1.32. The molecule has 14 heavy (non-hydrogen) atoms. The maximum Gasteiger partial charge on any atom is 0.332 e. The molecular weight excluding hydrogens is 178 g/mol. The second-order valence-electron chi connectivity index (χ2n) is 3.49. The van der Waals surface area contributed by atoms with Crippen LogP contribution in [0.5, 0.6) is 0 Å². The summed E-state index contributed by atoms with van der Waals surface area (Å²) in [5, 5.41) is 3.79. The average Bonchev–Trinajstić information content (AvgIpc) is 2.07. The van der Waals surface area contributed by atoms with Crippen molar-refractivity contribution in [2.75, 3.05) is 0 Å². The van der Waals surface area contributed by atoms with E-state index in [0.717, 1.165) is 25.7 Å². The first-order valence-electron chi connectivity index (χ1n) is 5.02. The van der Waals surface area contributed by atoms with Gasteiger partial charge >= 0.3 is 6.03 Å². The van der Waals surface area contributed by atoms with Crippen molar-refractivity contribution >= 4 is 12.2 Å². The number of urea groups is 1. The molecule has 1 rings (SSSR count). The van der Waals surface area contributed by atoms with Gasteiger partial charge in [-0.1, -0.05) is 12.2 Å². The number of nitrogens with one attached hydrogen (secondary N) is 1. The van der Waals surface area contributed by atoms with Gasteiger partial charge in [-0.3, -0.25) is 0 Å². The Labute approximate surface area is 84.2 Å². The van der Waals surface area contributed by atoms with E-state index in [1.807, 2.05) is 0 Å². The second kappa shape index (κ2) is 6.18. The SMILES string of the molecule is NC(=O)N/N=C/C1CC/C=C\CCC1. The molecule has 78 valence electrons. The highest BCUT2D eigenvalue weighted by Crippen LogP contribution is 2.16. The fraction of sp³-hybridized carbons (Fsp3) is 0.600. The molecule has 0 aliphatic heterocycles. The van der Waals surface area contributed by atoms with Crippen LogP contribution >= 0.6 is 0 Å². The van der Waals surface area contributed by atoms with Crippen LogP contribution < -0.4 is 11.2 Å². The summed E-state index contributed by atoms with van der Waals surface area (Å²) < 4.78 is 0. The predicted octanol–water partition coefficient (Wildman–Crippen LogP) is 1.78. The second-order valence-corrected chi connectivity index (χ2v) is 3.49. The van der Waals surface area contributed by atoms with Gasteiger partial charge in [0.15, 0.2) is 0 Å². The summed E-state index contributed by atoms with van der Waals surface area (Å²) in [7, 11) is 0. The maximum absolute atomic E-state index is 10.4. The molecule has 1 atom stereocenters. The smallest absolute Gasteiger partial charge is 0.332 e. The fourth-order valence-electron chi connectivity index (χ4n) is 1.54. The van der Waals surface area contributed by atoms with Gasteiger partial charge in [0, 0.05) is 6.21 Å². The lowest BCUT2D eigenvalue weighted by Gasteiger charge is -2.11. The van der Waals surface area contributed by atoms with Crippen LogP contribution in [0.4, 0.5) is 4.79 Å². The summed E-state index contributed by atoms with van der Waals surface area (Å²) in [4.78, 5) is 10.4. The molecule has 0 aromatic heterocycles. The van der Waals surface area contributed by atoms with E-state index in [4.69, 9.17) is 5.73 Å². The van der Waals surface area contributed by atoms with E-state index in [1.165, 1.54) is 6.42 Å². The van der Waals surface area contributed by atoms with Gasteiger partial charge in [-0.05, 0) is 38.0 Å². The zero-order valence-electron chi connectivity index (χ0n) is 8.28. The standard InChI is InChI=1S/C10H17N3O/c11-10(14)13-12-8-9-6-4-2-1-3-5-7-9/h1-2,8-9H,3-7H2,(H3,11,13,14)/b2-1-,12-8+. The Morgan fingerprint density at radius 2 is 2.21 bits per heavy atom. The van der Waals surface area contributed by atoms with Gasteiger partial charge in [0.05, 0.1) is 0 Å². The Kier molecular flexibility index (Phi) is 4.75. The predicted molar refractivity (Wildman–Crippen MR) is 56.9 cm³/mol. The zero-order valence-corrected chi connectivity index (χ0v) is 8.28. The third kappa shape index (κ3) is 4.64. The molecule has 1 unspecified atom stereocenters. The Morgan fingerprint density at radius 3 is 3.00 bits per heavy atom. The van der Waals surface area contributed by atoms with E-state index >= 15 is 0 Å². The monoisotopic (exact) mass is 195 g/mol. The highest BCUT2D eigenvalue weighted by molar-refractivity contribution is 5.73. The van der Waals surface area contributed by atoms with Crippen LogP contribution in [-0.4, -0.2) is 12.2 Å². The summed E-state index contributed by atoms with van der Waals surface area (Å²) >= 11 is 0. The fourth-order valence-corrected chi connectivity index (χ4v) is 1.54. The third-order valence-corrected chi connectivity index (χ3v) is 2.28. The average molecular weight is 195 g/mol. The van der Waals surface area contributed by atoms with Crippen molar-refractivity contribution in [3.05, 3.63) is 12.2 Å². The van der Waals surface area contributed by atoms with Crippen molar-refractivity contribution in [1.82, 2.24) is 5.43 Å². The van der Waals surface area contributed by atoms with Crippen molar-refractivity contribution in [2.24, 2.45) is 16.8 Å². The van der Waals surface area contributed by atoms with Gasteiger partial charge in [-0.2, -0.15) is 5.10 Å². The number of hydrazone groups is 1. The quantitative estimate of drug-likeness (QED) is 0.393. The summed E-state index contributed by atoms with van der Waals surface area (Å²) in [6.07, 6.45) is 11.9. The van der Waals surface area contributed by atoms with E-state index < -0.39 is 6.03 Å². The van der Waals surface area contributed by atoms with Gasteiger partial charge < -0.3 is 5.73 Å². The van der Waals surface area contributed by atoms with E-state index in [0.29, 0.717) is 5.92 Å². The number of nitrogens with zero attached hydrogens (tertiary/aromatic N) is 1. The van der Waals surface area contributed by atoms with Crippen molar-refractivity contribution in [2.45, 2.75) is 32.1 Å². The molecule has 0 saturated carbocycles. The number of primary amides is 1. The maximum atomic E-state index is 10.4. The number of carbonyl (C=O) groups excluding carboxylic acids is 1. The lowest BCUT2D eigenvalue weighted by atomic mass is 9.95. The Balaban J connectivity index is 2.31. The van der Waals surface area contributed by atoms with Crippen LogP contribution in [0.3, 0.4) is 0 Å². The van der Waals surface area contributed by atoms with Gasteiger partial charge in [0.25, 0.3) is 0 Å². The first kappa shape index (κ1) is 10.8. The van der Waals surface area contributed by atoms with Crippen molar-refractivity contribution in [1.29, 1.82) is 0 Å². The summed E-state index contributed by atoms with van der Waals surface area (Å²) in [5.74, 6) is 0.465. The van der Waals surface area contributed by atoms with Crippen molar-refractivity contribution in [3.63, 3.8) is 0 Å². The van der Waals surface area contributed by atoms with Crippen LogP contribution in [0.2, 0.25) is 0 Å². The molecule has 0 spiro atoms. The van der Waals surface area contributed by atoms with E-state index in [1.54, 1.807) is 6.21 Å². The topological polar surface area (TPSA) is 67.5 Å². The number of carbonyl (C=O) groups is 1. The zero-order chi connectivity index (χ0) is 10.2. The molecular formula is C10H17N3O. The summed E-state index contributed by atoms with van der Waals surface area (Å²) in [5.41, 5.74) is 7.11. The molecule has 4 heteroatoms. The van der Waals surface area contributed by atoms with E-state index in [9.17, 15) is 4.79 Å². The van der Waals surface area contributed by atoms with Gasteiger partial charge in [0.1, 0.15) is 0 Å². The first-order chi connectivity index (χ1) is 6.79. The number of allylic oxidation sites excluding steroid dienone is 2. The number of amides is 2. The molecule has 0 saturated heterocycles. The van der Waals surface area contributed by atoms with Gasteiger partial charge in [-0.25, -0.2) is 10.2 Å². The molecule has 3 N–H and O–H groups in total. The van der Waals surface area contributed by atoms with Crippen LogP contribution in [0.15, 0.2) is 17.3 Å². The van der Waals surface area contributed by atoms with E-state index in [2.05, 4.69) is 22.7 Å². The molecule has 0 radical (unpaired) electrons. The molecule has 4 nitrogen and oxygen atoms in total. The van der Waals surface area contributed by atoms with Crippen LogP contribution in [0, 0.1) is 5.92 Å². The molecule has 0 aromatic rings. The molecule has 0 heterocycles. The number of nitrogens with two attached hydrogens (primary N) is 1. The number of hydrogen-bond donors (Lipinski definition) is 2. The third-order valence-electron chi connectivity index (χ3n) is 2.28. The highest BCUT2D eigenvalue weighted by Gasteiger charge is 2.06. The lowest BCUT2D eigenvalue weighted by molar-refractivity contribution is 0.249. The molecule has 1 aliphatic carbocycles. The minimum absolute atomic E-state index is 0.465. The summed E-state index contributed by atoms with van der Waals surface area (Å²) in [6, 6.07) is -0.605. The highest BCUT2D eigenvalue weighted by atomic mass is 16.2.